The number of nitrogens with zero attached hydrogens (tertiary/aromatic N) is 4. The molecule has 55 heavy (non-hydrogen) atoms. The van der Waals surface area contributed by atoms with Gasteiger partial charge in [-0.15, -0.1) is 0 Å². The number of amides is 3. The molecule has 3 fully saturated rings. The number of benzene rings is 2. The summed E-state index contributed by atoms with van der Waals surface area (Å²) in [6.07, 6.45) is 4.04. The molecule has 1 unspecified atom stereocenters. The van der Waals surface area contributed by atoms with Crippen LogP contribution in [0.4, 0.5) is 16.2 Å². The lowest BCUT2D eigenvalue weighted by Gasteiger charge is -2.33. The highest BCUT2D eigenvalue weighted by atomic mass is 32.1. The molecule has 0 aromatic heterocycles. The van der Waals surface area contributed by atoms with E-state index >= 15 is 0 Å². The van der Waals surface area contributed by atoms with Gasteiger partial charge in [0.1, 0.15) is 6.61 Å². The fourth-order valence-corrected chi connectivity index (χ4v) is 7.23. The summed E-state index contributed by atoms with van der Waals surface area (Å²) in [5, 5.41) is 0. The highest BCUT2D eigenvalue weighted by Gasteiger charge is 2.45. The normalized spacial score (nSPS) is 20.7. The number of hydrogen-bond donors (Lipinski definition) is 2. The van der Waals surface area contributed by atoms with E-state index in [0.717, 1.165) is 30.4 Å². The number of aliphatic imine (C=N–C) groups is 1. The van der Waals surface area contributed by atoms with E-state index in [-0.39, 0.29) is 35.7 Å². The summed E-state index contributed by atoms with van der Waals surface area (Å²) < 4.78 is 34.3. The van der Waals surface area contributed by atoms with Crippen LogP contribution in [0.5, 0.6) is 23.0 Å². The van der Waals surface area contributed by atoms with Crippen molar-refractivity contribution in [3.63, 3.8) is 0 Å². The van der Waals surface area contributed by atoms with E-state index in [2.05, 4.69) is 30.8 Å². The fraction of sp³-hybridized carbons (Fsp3) is 0.500. The molecule has 2 aromatic carbocycles. The standard InChI is InChI=1S/C40H51N5O9S/c1-24-14-26-20-42-30-19-35(33(50-6)17-28(30)37(47)44(26)21-24)52-12-9-7-8-11-51-34-18-29(41)27(16-32(34)49-5)36(46)45-22-25(2)15-31(45)38-43(10-13-53-38)39(48)54-23-40(3,4)55/h16-20,26,31,38,55H,1-2,7-15,21-23,41H2,3-6H3/t26-,31-,38?/m0/s1. The van der Waals surface area contributed by atoms with Crippen LogP contribution in [0.15, 0.2) is 53.6 Å². The Morgan fingerprint density at radius 3 is 2.31 bits per heavy atom. The second-order valence-electron chi connectivity index (χ2n) is 14.9. The average molecular weight is 778 g/mol. The molecule has 3 amide bonds. The number of nitrogen functional groups attached to an aromatic ring is 1. The Kier molecular flexibility index (Phi) is 12.2. The maximum atomic E-state index is 14.0. The molecule has 0 spiro atoms. The summed E-state index contributed by atoms with van der Waals surface area (Å²) in [6, 6.07) is 6.07. The van der Waals surface area contributed by atoms with Crippen molar-refractivity contribution in [2.45, 2.75) is 69.0 Å². The number of hydrogen-bond acceptors (Lipinski definition) is 12. The number of ether oxygens (including phenoxy) is 6. The average Bonchev–Trinajstić information content (AvgIpc) is 3.88. The third-order valence-electron chi connectivity index (χ3n) is 9.91. The molecule has 4 heterocycles. The van der Waals surface area contributed by atoms with Gasteiger partial charge in [-0.05, 0) is 58.1 Å². The van der Waals surface area contributed by atoms with Gasteiger partial charge in [0.25, 0.3) is 11.8 Å². The second-order valence-corrected chi connectivity index (χ2v) is 16.1. The topological polar surface area (TPSA) is 155 Å². The summed E-state index contributed by atoms with van der Waals surface area (Å²) in [5.74, 6) is 1.36. The first-order valence-electron chi connectivity index (χ1n) is 18.5. The van der Waals surface area contributed by atoms with Crippen molar-refractivity contribution in [3.05, 3.63) is 59.7 Å². The predicted molar refractivity (Wildman–Crippen MR) is 211 cm³/mol. The zero-order valence-electron chi connectivity index (χ0n) is 32.0. The molecule has 3 saturated heterocycles. The first-order valence-corrected chi connectivity index (χ1v) is 18.9. The van der Waals surface area contributed by atoms with Crippen LogP contribution in [0.3, 0.4) is 0 Å². The minimum atomic E-state index is -0.695. The molecule has 3 atom stereocenters. The molecule has 15 heteroatoms. The van der Waals surface area contributed by atoms with Gasteiger partial charge in [-0.3, -0.25) is 19.5 Å². The van der Waals surface area contributed by atoms with Gasteiger partial charge < -0.3 is 44.0 Å². The number of rotatable bonds is 14. The van der Waals surface area contributed by atoms with Crippen LogP contribution in [0.2, 0.25) is 0 Å². The van der Waals surface area contributed by atoms with Crippen LogP contribution < -0.4 is 24.7 Å². The van der Waals surface area contributed by atoms with Crippen LogP contribution in [-0.2, 0) is 9.47 Å². The van der Waals surface area contributed by atoms with Crippen LogP contribution in [0.25, 0.3) is 0 Å². The Bertz CT molecular complexity index is 1860. The van der Waals surface area contributed by atoms with Crippen molar-refractivity contribution in [1.29, 1.82) is 0 Å². The summed E-state index contributed by atoms with van der Waals surface area (Å²) in [5.41, 5.74) is 9.82. The fourth-order valence-electron chi connectivity index (χ4n) is 7.17. The Balaban J connectivity index is 1.01. The molecule has 4 aliphatic heterocycles. The molecule has 0 aliphatic carbocycles. The quantitative estimate of drug-likeness (QED) is 0.106. The van der Waals surface area contributed by atoms with Gasteiger partial charge in [-0.25, -0.2) is 4.79 Å². The number of unbranched alkanes of at least 4 members (excludes halogenated alkanes) is 2. The van der Waals surface area contributed by atoms with E-state index in [9.17, 15) is 14.4 Å². The van der Waals surface area contributed by atoms with E-state index in [4.69, 9.17) is 34.2 Å². The molecule has 0 radical (unpaired) electrons. The van der Waals surface area contributed by atoms with Gasteiger partial charge in [-0.2, -0.15) is 12.6 Å². The third-order valence-corrected chi connectivity index (χ3v) is 10.0. The molecule has 2 N–H and O–H groups in total. The summed E-state index contributed by atoms with van der Waals surface area (Å²) in [7, 11) is 3.05. The molecule has 4 aliphatic rings. The van der Waals surface area contributed by atoms with E-state index in [1.54, 1.807) is 47.4 Å². The number of likely N-dealkylation sites (tertiary alicyclic amines) is 1. The molecule has 296 valence electrons. The number of carbonyl (C=O) groups is 3. The monoisotopic (exact) mass is 777 g/mol. The number of fused-ring (bicyclic) bond motifs is 2. The zero-order chi connectivity index (χ0) is 39.4. The van der Waals surface area contributed by atoms with E-state index < -0.39 is 23.1 Å². The minimum absolute atomic E-state index is 0.0919. The lowest BCUT2D eigenvalue weighted by atomic mass is 10.1. The second kappa shape index (κ2) is 16.9. The minimum Gasteiger partial charge on any atom is -0.493 e. The largest absolute Gasteiger partial charge is 0.493 e. The van der Waals surface area contributed by atoms with E-state index in [1.807, 2.05) is 13.8 Å². The van der Waals surface area contributed by atoms with Crippen molar-refractivity contribution in [3.8, 4) is 23.0 Å². The summed E-state index contributed by atoms with van der Waals surface area (Å²) in [6.45, 7) is 14.3. The summed E-state index contributed by atoms with van der Waals surface area (Å²) >= 11 is 4.44. The number of thiol groups is 1. The van der Waals surface area contributed by atoms with Gasteiger partial charge in [0.15, 0.2) is 29.2 Å². The van der Waals surface area contributed by atoms with E-state index in [0.29, 0.717) is 86.5 Å². The van der Waals surface area contributed by atoms with Gasteiger partial charge in [0.2, 0.25) is 0 Å². The Morgan fingerprint density at radius 2 is 1.62 bits per heavy atom. The van der Waals surface area contributed by atoms with E-state index in [1.165, 1.54) is 12.0 Å². The first kappa shape index (κ1) is 39.8. The van der Waals surface area contributed by atoms with Gasteiger partial charge in [-0.1, -0.05) is 24.3 Å². The lowest BCUT2D eigenvalue weighted by Crippen LogP contribution is -2.51. The van der Waals surface area contributed by atoms with Crippen molar-refractivity contribution in [2.75, 3.05) is 66.0 Å². The van der Waals surface area contributed by atoms with Crippen LogP contribution in [0, 0.1) is 0 Å². The number of anilines is 1. The van der Waals surface area contributed by atoms with Gasteiger partial charge in [0, 0.05) is 41.9 Å². The molecule has 0 saturated carbocycles. The van der Waals surface area contributed by atoms with Gasteiger partial charge in [0.05, 0.1) is 69.5 Å². The van der Waals surface area contributed by atoms with Crippen molar-refractivity contribution in [2.24, 2.45) is 4.99 Å². The Labute approximate surface area is 327 Å². The Morgan fingerprint density at radius 1 is 0.945 bits per heavy atom. The molecule has 0 bridgehead atoms. The third kappa shape index (κ3) is 8.99. The van der Waals surface area contributed by atoms with Gasteiger partial charge >= 0.3 is 6.09 Å². The predicted octanol–water partition coefficient (Wildman–Crippen LogP) is 5.67. The maximum absolute atomic E-state index is 14.0. The number of nitrogens with two attached hydrogens (primary N) is 1. The maximum Gasteiger partial charge on any atom is 0.412 e. The van der Waals surface area contributed by atoms with Crippen LogP contribution in [-0.4, -0.2) is 122 Å². The molecule has 6 rings (SSSR count). The highest BCUT2D eigenvalue weighted by Crippen LogP contribution is 2.39. The first-order chi connectivity index (χ1) is 26.3. The molecular formula is C40H51N5O9S. The van der Waals surface area contributed by atoms with Crippen LogP contribution in [0.1, 0.15) is 66.7 Å². The molecule has 2 aromatic rings. The lowest BCUT2D eigenvalue weighted by molar-refractivity contribution is -0.0214. The zero-order valence-corrected chi connectivity index (χ0v) is 32.9. The smallest absolute Gasteiger partial charge is 0.412 e. The Hall–Kier alpha value is -4.89. The van der Waals surface area contributed by atoms with Crippen LogP contribution >= 0.6 is 12.6 Å². The SMILES string of the molecule is C=C1C[C@H]2C=Nc3cc(OCCCCCOc4cc(N)c(C(=O)N5CC(=C)C[C@H]5C5OCCN5C(=O)OCC(C)(C)S)cc4OC)c(OC)cc3C(=O)N2C1. The van der Waals surface area contributed by atoms with Crippen molar-refractivity contribution < 1.29 is 42.8 Å². The van der Waals surface area contributed by atoms with Crippen molar-refractivity contribution in [1.82, 2.24) is 14.7 Å². The molecular weight excluding hydrogens is 727 g/mol. The van der Waals surface area contributed by atoms with Crippen molar-refractivity contribution >= 4 is 48.1 Å². The summed E-state index contributed by atoms with van der Waals surface area (Å²) in [4.78, 5) is 49.8. The molecule has 14 nitrogen and oxygen atoms in total. The number of methoxy groups -OCH3 is 2. The highest BCUT2D eigenvalue weighted by molar-refractivity contribution is 7.81. The number of carbonyl (C=O) groups excluding carboxylic acids is 3.